The lowest BCUT2D eigenvalue weighted by Crippen LogP contribution is -2.39. The molecule has 1 N–H and O–H groups in total. The summed E-state index contributed by atoms with van der Waals surface area (Å²) in [5.41, 5.74) is 3.48. The van der Waals surface area contributed by atoms with E-state index in [9.17, 15) is 0 Å². The van der Waals surface area contributed by atoms with Gasteiger partial charge in [0.15, 0.2) is 0 Å². The van der Waals surface area contributed by atoms with E-state index < -0.39 is 0 Å². The second-order valence-electron chi connectivity index (χ2n) is 3.39. The van der Waals surface area contributed by atoms with Gasteiger partial charge in [-0.1, -0.05) is 6.42 Å². The van der Waals surface area contributed by atoms with E-state index in [-0.39, 0.29) is 0 Å². The minimum absolute atomic E-state index is 0.877. The van der Waals surface area contributed by atoms with Crippen LogP contribution in [0.3, 0.4) is 0 Å². The zero-order chi connectivity index (χ0) is 6.81. The highest BCUT2D eigenvalue weighted by Gasteiger charge is 2.24. The van der Waals surface area contributed by atoms with Gasteiger partial charge in [-0.2, -0.15) is 0 Å². The van der Waals surface area contributed by atoms with E-state index in [1.165, 1.54) is 45.2 Å². The summed E-state index contributed by atoms with van der Waals surface area (Å²) in [7, 11) is 0. The minimum Gasteiger partial charge on any atom is -0.255 e. The van der Waals surface area contributed by atoms with Crippen molar-refractivity contribution in [3.05, 3.63) is 0 Å². The van der Waals surface area contributed by atoms with Crippen molar-refractivity contribution in [1.29, 1.82) is 0 Å². The van der Waals surface area contributed by atoms with Gasteiger partial charge < -0.3 is 0 Å². The zero-order valence-corrected chi connectivity index (χ0v) is 6.47. The van der Waals surface area contributed by atoms with Gasteiger partial charge in [-0.25, -0.2) is 5.01 Å². The lowest BCUT2D eigenvalue weighted by molar-refractivity contribution is 0.181. The Bertz CT molecular complexity index is 102. The van der Waals surface area contributed by atoms with E-state index in [0.29, 0.717) is 0 Å². The fourth-order valence-corrected chi connectivity index (χ4v) is 2.07. The molecule has 0 aliphatic carbocycles. The van der Waals surface area contributed by atoms with Crippen LogP contribution >= 0.6 is 0 Å². The summed E-state index contributed by atoms with van der Waals surface area (Å²) in [5, 5.41) is 2.45. The molecule has 2 fully saturated rings. The Morgan fingerprint density at radius 3 is 3.00 bits per heavy atom. The summed E-state index contributed by atoms with van der Waals surface area (Å²) in [6, 6.07) is 0.877. The fourth-order valence-electron chi connectivity index (χ4n) is 2.07. The fraction of sp³-hybridized carbons (Fsp3) is 1.00. The van der Waals surface area contributed by atoms with Crippen molar-refractivity contribution < 1.29 is 0 Å². The van der Waals surface area contributed by atoms with E-state index in [1.54, 1.807) is 0 Å². The molecule has 0 aromatic rings. The van der Waals surface area contributed by atoms with Gasteiger partial charge in [-0.15, -0.1) is 0 Å². The third-order valence-electron chi connectivity index (χ3n) is 2.66. The van der Waals surface area contributed by atoms with Crippen LogP contribution in [0.1, 0.15) is 32.1 Å². The Balaban J connectivity index is 1.95. The SMILES string of the molecule is C1CCC2CCCN2NC1. The van der Waals surface area contributed by atoms with Crippen LogP contribution in [0.2, 0.25) is 0 Å². The Labute approximate surface area is 62.6 Å². The lowest BCUT2D eigenvalue weighted by Gasteiger charge is -2.21. The summed E-state index contributed by atoms with van der Waals surface area (Å²) < 4.78 is 0. The van der Waals surface area contributed by atoms with Crippen LogP contribution in [-0.4, -0.2) is 24.1 Å². The summed E-state index contributed by atoms with van der Waals surface area (Å²) in [6.07, 6.45) is 7.04. The molecule has 2 heterocycles. The second-order valence-corrected chi connectivity index (χ2v) is 3.39. The van der Waals surface area contributed by atoms with E-state index in [2.05, 4.69) is 10.4 Å². The smallest absolute Gasteiger partial charge is 0.0244 e. The summed E-state index contributed by atoms with van der Waals surface area (Å²) in [6.45, 7) is 2.49. The van der Waals surface area contributed by atoms with Gasteiger partial charge in [0.1, 0.15) is 0 Å². The average Bonchev–Trinajstić information content (AvgIpc) is 2.28. The number of hydrogen-bond donors (Lipinski definition) is 1. The predicted octanol–water partition coefficient (Wildman–Crippen LogP) is 1.14. The third kappa shape index (κ3) is 1.18. The highest BCUT2D eigenvalue weighted by atomic mass is 15.5. The first-order chi connectivity index (χ1) is 4.97. The first kappa shape index (κ1) is 6.62. The summed E-state index contributed by atoms with van der Waals surface area (Å²) in [4.78, 5) is 0. The van der Waals surface area contributed by atoms with Crippen molar-refractivity contribution in [3.8, 4) is 0 Å². The van der Waals surface area contributed by atoms with E-state index >= 15 is 0 Å². The molecule has 0 spiro atoms. The Hall–Kier alpha value is -0.0800. The van der Waals surface area contributed by atoms with Gasteiger partial charge in [-0.05, 0) is 25.7 Å². The number of nitrogens with one attached hydrogen (secondary N) is 1. The van der Waals surface area contributed by atoms with Crippen molar-refractivity contribution in [2.75, 3.05) is 13.1 Å². The molecule has 2 nitrogen and oxygen atoms in total. The first-order valence-corrected chi connectivity index (χ1v) is 4.47. The van der Waals surface area contributed by atoms with E-state index in [0.717, 1.165) is 6.04 Å². The van der Waals surface area contributed by atoms with Gasteiger partial charge in [0, 0.05) is 19.1 Å². The molecule has 0 amide bonds. The van der Waals surface area contributed by atoms with Crippen molar-refractivity contribution in [2.24, 2.45) is 0 Å². The van der Waals surface area contributed by atoms with Gasteiger partial charge in [0.2, 0.25) is 0 Å². The lowest BCUT2D eigenvalue weighted by atomic mass is 10.1. The van der Waals surface area contributed by atoms with Crippen molar-refractivity contribution >= 4 is 0 Å². The molecule has 10 heavy (non-hydrogen) atoms. The molecule has 0 saturated carbocycles. The van der Waals surface area contributed by atoms with Crippen LogP contribution in [0.5, 0.6) is 0 Å². The topological polar surface area (TPSA) is 15.3 Å². The van der Waals surface area contributed by atoms with Crippen LogP contribution < -0.4 is 5.43 Å². The molecule has 0 bridgehead atoms. The van der Waals surface area contributed by atoms with Gasteiger partial charge in [-0.3, -0.25) is 5.43 Å². The van der Waals surface area contributed by atoms with Crippen molar-refractivity contribution in [2.45, 2.75) is 38.1 Å². The molecular formula is C8H16N2. The van der Waals surface area contributed by atoms with Crippen LogP contribution in [0.25, 0.3) is 0 Å². The molecule has 0 aromatic heterocycles. The standard InChI is InChI=1S/C8H16N2/c1-2-6-9-10-7-3-5-8(10)4-1/h8-9H,1-7H2. The molecule has 0 aromatic carbocycles. The largest absolute Gasteiger partial charge is 0.255 e. The van der Waals surface area contributed by atoms with Crippen LogP contribution in [0.4, 0.5) is 0 Å². The average molecular weight is 140 g/mol. The van der Waals surface area contributed by atoms with E-state index in [1.807, 2.05) is 0 Å². The number of nitrogens with zero attached hydrogens (tertiary/aromatic N) is 1. The quantitative estimate of drug-likeness (QED) is 0.543. The predicted molar refractivity (Wildman–Crippen MR) is 41.6 cm³/mol. The maximum atomic E-state index is 3.48. The third-order valence-corrected chi connectivity index (χ3v) is 2.66. The number of hydrazine groups is 1. The second kappa shape index (κ2) is 2.89. The number of hydrogen-bond acceptors (Lipinski definition) is 2. The summed E-state index contributed by atoms with van der Waals surface area (Å²) in [5.74, 6) is 0. The number of fused-ring (bicyclic) bond motifs is 1. The van der Waals surface area contributed by atoms with Crippen molar-refractivity contribution in [3.63, 3.8) is 0 Å². The zero-order valence-electron chi connectivity index (χ0n) is 6.47. The molecule has 58 valence electrons. The van der Waals surface area contributed by atoms with Gasteiger partial charge in [0.25, 0.3) is 0 Å². The van der Waals surface area contributed by atoms with Gasteiger partial charge >= 0.3 is 0 Å². The molecule has 1 atom stereocenters. The molecule has 0 radical (unpaired) electrons. The highest BCUT2D eigenvalue weighted by Crippen LogP contribution is 2.21. The monoisotopic (exact) mass is 140 g/mol. The summed E-state index contributed by atoms with van der Waals surface area (Å²) >= 11 is 0. The Morgan fingerprint density at radius 1 is 1.10 bits per heavy atom. The maximum Gasteiger partial charge on any atom is 0.0244 e. The molecule has 2 aliphatic rings. The molecule has 2 rings (SSSR count). The van der Waals surface area contributed by atoms with Crippen molar-refractivity contribution in [1.82, 2.24) is 10.4 Å². The Morgan fingerprint density at radius 2 is 2.00 bits per heavy atom. The molecule has 1 unspecified atom stereocenters. The van der Waals surface area contributed by atoms with Crippen LogP contribution in [-0.2, 0) is 0 Å². The maximum absolute atomic E-state index is 3.48. The van der Waals surface area contributed by atoms with Gasteiger partial charge in [0.05, 0.1) is 0 Å². The molecule has 2 aliphatic heterocycles. The first-order valence-electron chi connectivity index (χ1n) is 4.47. The normalized spacial score (nSPS) is 35.4. The molecule has 2 saturated heterocycles. The minimum atomic E-state index is 0.877. The van der Waals surface area contributed by atoms with Crippen LogP contribution in [0, 0.1) is 0 Å². The Kier molecular flexibility index (Phi) is 1.91. The van der Waals surface area contributed by atoms with E-state index in [4.69, 9.17) is 0 Å². The molecule has 2 heteroatoms. The number of rotatable bonds is 0. The molecular weight excluding hydrogens is 124 g/mol. The highest BCUT2D eigenvalue weighted by molar-refractivity contribution is 4.78. The van der Waals surface area contributed by atoms with Crippen LogP contribution in [0.15, 0.2) is 0 Å².